The highest BCUT2D eigenvalue weighted by atomic mass is 16.4. The molecule has 1 aliphatic rings. The van der Waals surface area contributed by atoms with Crippen molar-refractivity contribution in [1.29, 1.82) is 0 Å². The third-order valence-corrected chi connectivity index (χ3v) is 6.79. The van der Waals surface area contributed by atoms with E-state index in [0.29, 0.717) is 0 Å². The van der Waals surface area contributed by atoms with Gasteiger partial charge in [-0.05, 0) is 61.3 Å². The molecule has 1 aliphatic carbocycles. The average Bonchev–Trinajstić information content (AvgIpc) is 3.35. The molecule has 0 saturated heterocycles. The van der Waals surface area contributed by atoms with Crippen LogP contribution >= 0.6 is 0 Å². The molecule has 2 unspecified atom stereocenters. The summed E-state index contributed by atoms with van der Waals surface area (Å²) in [4.78, 5) is 31.2. The first kappa shape index (κ1) is 29.4. The van der Waals surface area contributed by atoms with E-state index in [-0.39, 0.29) is 30.0 Å². The topological polar surface area (TPSA) is 71.4 Å². The molecule has 0 amide bonds. The Bertz CT molecular complexity index is 1150. The van der Waals surface area contributed by atoms with Gasteiger partial charge >= 0.3 is 5.97 Å². The van der Waals surface area contributed by atoms with E-state index in [1.807, 2.05) is 57.0 Å². The van der Waals surface area contributed by atoms with E-state index in [1.54, 1.807) is 6.08 Å². The highest BCUT2D eigenvalue weighted by molar-refractivity contribution is 5.95. The zero-order chi connectivity index (χ0) is 27.2. The van der Waals surface area contributed by atoms with Crippen LogP contribution in [0.1, 0.15) is 55.2 Å². The first-order valence-electron chi connectivity index (χ1n) is 12.7. The standard InChI is InChI=1S/C19H24O3.C13H12.CH2O/c1-13-5-3-7-16(11-13)14(2)18(20)10-9-15-6-4-8-17(15)12-19(21)22;1-11-7-9-13(10-8-11)12-5-3-2-4-6-12;1-2/h3,5,7,9-11,14-15,17H,4,6,8,12H2,1-2H3,(H,21,22);2-10H,1H3;1H2/b10-9+;;/t14?,15?,17-;;/m1../s1. The van der Waals surface area contributed by atoms with Crippen molar-refractivity contribution in [1.82, 2.24) is 0 Å². The minimum Gasteiger partial charge on any atom is -0.481 e. The predicted molar refractivity (Wildman–Crippen MR) is 151 cm³/mol. The van der Waals surface area contributed by atoms with Gasteiger partial charge < -0.3 is 9.90 Å². The molecule has 1 saturated carbocycles. The fraction of sp³-hybridized carbons (Fsp3) is 0.303. The van der Waals surface area contributed by atoms with E-state index in [1.165, 1.54) is 16.7 Å². The fourth-order valence-corrected chi connectivity index (χ4v) is 4.64. The Labute approximate surface area is 221 Å². The van der Waals surface area contributed by atoms with Gasteiger partial charge in [0.05, 0.1) is 0 Å². The van der Waals surface area contributed by atoms with E-state index in [9.17, 15) is 9.59 Å². The van der Waals surface area contributed by atoms with Crippen molar-refractivity contribution in [3.05, 3.63) is 108 Å². The molecule has 0 bridgehead atoms. The fourth-order valence-electron chi connectivity index (χ4n) is 4.64. The highest BCUT2D eigenvalue weighted by Gasteiger charge is 2.27. The van der Waals surface area contributed by atoms with Gasteiger partial charge in [-0.25, -0.2) is 0 Å². The molecule has 4 nitrogen and oxygen atoms in total. The van der Waals surface area contributed by atoms with E-state index >= 15 is 0 Å². The molecule has 0 radical (unpaired) electrons. The summed E-state index contributed by atoms with van der Waals surface area (Å²) >= 11 is 0. The maximum absolute atomic E-state index is 12.3. The molecule has 1 fully saturated rings. The lowest BCUT2D eigenvalue weighted by Gasteiger charge is -2.14. The van der Waals surface area contributed by atoms with Crippen LogP contribution in [0.25, 0.3) is 11.1 Å². The lowest BCUT2D eigenvalue weighted by atomic mass is 9.90. The molecular weight excluding hydrogens is 460 g/mol. The van der Waals surface area contributed by atoms with Gasteiger partial charge in [0.15, 0.2) is 5.78 Å². The van der Waals surface area contributed by atoms with Crippen molar-refractivity contribution in [2.45, 2.75) is 52.4 Å². The van der Waals surface area contributed by atoms with Crippen LogP contribution in [-0.2, 0) is 14.4 Å². The molecule has 4 rings (SSSR count). The van der Waals surface area contributed by atoms with Gasteiger partial charge in [0.1, 0.15) is 6.79 Å². The molecule has 0 spiro atoms. The third-order valence-electron chi connectivity index (χ3n) is 6.79. The smallest absolute Gasteiger partial charge is 0.303 e. The van der Waals surface area contributed by atoms with Crippen molar-refractivity contribution in [2.75, 3.05) is 0 Å². The monoisotopic (exact) mass is 498 g/mol. The van der Waals surface area contributed by atoms with E-state index in [4.69, 9.17) is 9.90 Å². The van der Waals surface area contributed by atoms with Crippen LogP contribution in [0.5, 0.6) is 0 Å². The van der Waals surface area contributed by atoms with E-state index in [2.05, 4.69) is 55.5 Å². The SMILES string of the molecule is C=O.Cc1ccc(-c2ccccc2)cc1.Cc1cccc(C(C)C(=O)/C=C/C2CCC[C@@H]2CC(=O)O)c1. The Kier molecular flexibility index (Phi) is 12.2. The molecular formula is C33H38O4. The van der Waals surface area contributed by atoms with Gasteiger partial charge in [-0.2, -0.15) is 0 Å². The molecule has 1 N–H and O–H groups in total. The van der Waals surface area contributed by atoms with Gasteiger partial charge in [0, 0.05) is 12.3 Å². The quantitative estimate of drug-likeness (QED) is 0.341. The van der Waals surface area contributed by atoms with Crippen molar-refractivity contribution < 1.29 is 19.5 Å². The molecule has 3 aromatic carbocycles. The Morgan fingerprint density at radius 3 is 2.16 bits per heavy atom. The van der Waals surface area contributed by atoms with Crippen LogP contribution in [0, 0.1) is 25.7 Å². The van der Waals surface area contributed by atoms with Crippen LogP contribution in [0.4, 0.5) is 0 Å². The van der Waals surface area contributed by atoms with Crippen LogP contribution in [0.2, 0.25) is 0 Å². The Balaban J connectivity index is 0.000000272. The van der Waals surface area contributed by atoms with Crippen molar-refractivity contribution in [3.8, 4) is 11.1 Å². The van der Waals surface area contributed by atoms with Gasteiger partial charge in [-0.1, -0.05) is 109 Å². The summed E-state index contributed by atoms with van der Waals surface area (Å²) in [5.41, 5.74) is 6.05. The summed E-state index contributed by atoms with van der Waals surface area (Å²) < 4.78 is 0. The second-order valence-corrected chi connectivity index (χ2v) is 9.58. The largest absolute Gasteiger partial charge is 0.481 e. The molecule has 194 valence electrons. The lowest BCUT2D eigenvalue weighted by molar-refractivity contribution is -0.138. The third kappa shape index (κ3) is 9.64. The zero-order valence-corrected chi connectivity index (χ0v) is 22.1. The number of rotatable bonds is 7. The van der Waals surface area contributed by atoms with E-state index in [0.717, 1.165) is 30.4 Å². The first-order valence-corrected chi connectivity index (χ1v) is 12.7. The minimum atomic E-state index is -0.746. The number of hydrogen-bond acceptors (Lipinski definition) is 3. The van der Waals surface area contributed by atoms with Crippen molar-refractivity contribution >= 4 is 18.5 Å². The van der Waals surface area contributed by atoms with Crippen LogP contribution in [-0.4, -0.2) is 23.6 Å². The van der Waals surface area contributed by atoms with Gasteiger partial charge in [0.25, 0.3) is 0 Å². The summed E-state index contributed by atoms with van der Waals surface area (Å²) in [6.07, 6.45) is 6.79. The number of carboxylic acids is 1. The second kappa shape index (κ2) is 15.4. The van der Waals surface area contributed by atoms with Crippen LogP contribution in [0.15, 0.2) is 91.0 Å². The molecule has 0 aliphatic heterocycles. The highest BCUT2D eigenvalue weighted by Crippen LogP contribution is 2.35. The van der Waals surface area contributed by atoms with E-state index < -0.39 is 5.97 Å². The summed E-state index contributed by atoms with van der Waals surface area (Å²) in [6, 6.07) is 27.0. The van der Waals surface area contributed by atoms with Gasteiger partial charge in [-0.3, -0.25) is 9.59 Å². The summed E-state index contributed by atoms with van der Waals surface area (Å²) in [5.74, 6) is -0.410. The van der Waals surface area contributed by atoms with Crippen LogP contribution in [0.3, 0.4) is 0 Å². The Hall–Kier alpha value is -3.79. The molecule has 0 heterocycles. The molecule has 3 atom stereocenters. The number of aliphatic carboxylic acids is 1. The molecule has 37 heavy (non-hydrogen) atoms. The molecule has 0 aromatic heterocycles. The van der Waals surface area contributed by atoms with Gasteiger partial charge in [0.2, 0.25) is 0 Å². The lowest BCUT2D eigenvalue weighted by Crippen LogP contribution is -2.12. The number of hydrogen-bond donors (Lipinski definition) is 1. The van der Waals surface area contributed by atoms with Crippen molar-refractivity contribution in [3.63, 3.8) is 0 Å². The van der Waals surface area contributed by atoms with Crippen molar-refractivity contribution in [2.24, 2.45) is 11.8 Å². The first-order chi connectivity index (χ1) is 17.8. The number of carboxylic acid groups (broad SMARTS) is 1. The number of carbonyl (C=O) groups is 3. The average molecular weight is 499 g/mol. The van der Waals surface area contributed by atoms with Crippen LogP contribution < -0.4 is 0 Å². The molecule has 4 heteroatoms. The number of benzene rings is 3. The number of carbonyl (C=O) groups excluding carboxylic acids is 2. The summed E-state index contributed by atoms with van der Waals surface area (Å²) in [7, 11) is 0. The predicted octanol–water partition coefficient (Wildman–Crippen LogP) is 7.59. The molecule has 3 aromatic rings. The Morgan fingerprint density at radius 2 is 1.54 bits per heavy atom. The summed E-state index contributed by atoms with van der Waals surface area (Å²) in [6.45, 7) is 8.05. The maximum atomic E-state index is 12.3. The Morgan fingerprint density at radius 1 is 0.892 bits per heavy atom. The number of ketones is 1. The van der Waals surface area contributed by atoms with Gasteiger partial charge in [-0.15, -0.1) is 0 Å². The summed E-state index contributed by atoms with van der Waals surface area (Å²) in [5, 5.41) is 8.94. The number of aryl methyl sites for hydroxylation is 2. The maximum Gasteiger partial charge on any atom is 0.303 e. The second-order valence-electron chi connectivity index (χ2n) is 9.58. The zero-order valence-electron chi connectivity index (χ0n) is 22.1. The normalized spacial score (nSPS) is 17.2. The minimum absolute atomic E-state index is 0.0894. The number of allylic oxidation sites excluding steroid dienone is 2.